The maximum atomic E-state index is 9.50. The van der Waals surface area contributed by atoms with Crippen LogP contribution < -0.4 is 5.73 Å². The van der Waals surface area contributed by atoms with Crippen molar-refractivity contribution in [2.75, 3.05) is 13.7 Å². The molecule has 18 heavy (non-hydrogen) atoms. The summed E-state index contributed by atoms with van der Waals surface area (Å²) >= 11 is 3.49. The summed E-state index contributed by atoms with van der Waals surface area (Å²) in [5.41, 5.74) is 6.98. The lowest BCUT2D eigenvalue weighted by Gasteiger charge is -2.42. The molecule has 0 heterocycles. The molecule has 3 nitrogen and oxygen atoms in total. The van der Waals surface area contributed by atoms with Crippen molar-refractivity contribution in [1.82, 2.24) is 4.90 Å². The van der Waals surface area contributed by atoms with Gasteiger partial charge in [-0.15, -0.1) is 0 Å². The fourth-order valence-corrected chi connectivity index (χ4v) is 2.48. The van der Waals surface area contributed by atoms with Crippen LogP contribution in [0.25, 0.3) is 0 Å². The standard InChI is InChI=1S/C14H23BrN2O/c1-10(16)13(17(4)14(2,3)9-18)11-6-5-7-12(15)8-11/h5-8,10,13,18H,9,16H2,1-4H3. The van der Waals surface area contributed by atoms with Gasteiger partial charge in [0.15, 0.2) is 0 Å². The Hall–Kier alpha value is -0.420. The van der Waals surface area contributed by atoms with Crippen molar-refractivity contribution in [2.45, 2.75) is 38.4 Å². The van der Waals surface area contributed by atoms with E-state index in [1.54, 1.807) is 0 Å². The number of nitrogens with two attached hydrogens (primary N) is 1. The Morgan fingerprint density at radius 3 is 2.50 bits per heavy atom. The van der Waals surface area contributed by atoms with Crippen molar-refractivity contribution in [3.05, 3.63) is 34.3 Å². The van der Waals surface area contributed by atoms with Crippen LogP contribution in [0.5, 0.6) is 0 Å². The first-order chi connectivity index (χ1) is 8.29. The molecule has 1 rings (SSSR count). The number of aliphatic hydroxyl groups excluding tert-OH is 1. The van der Waals surface area contributed by atoms with Gasteiger partial charge in [-0.3, -0.25) is 4.90 Å². The molecule has 4 heteroatoms. The largest absolute Gasteiger partial charge is 0.394 e. The maximum absolute atomic E-state index is 9.50. The summed E-state index contributed by atoms with van der Waals surface area (Å²) in [5.74, 6) is 0. The second kappa shape index (κ2) is 6.15. The summed E-state index contributed by atoms with van der Waals surface area (Å²) in [6, 6.07) is 8.22. The number of aliphatic hydroxyl groups is 1. The molecule has 0 amide bonds. The molecule has 3 N–H and O–H groups in total. The first-order valence-electron chi connectivity index (χ1n) is 6.14. The first kappa shape index (κ1) is 15.6. The van der Waals surface area contributed by atoms with E-state index in [1.165, 1.54) is 0 Å². The van der Waals surface area contributed by atoms with Gasteiger partial charge < -0.3 is 10.8 Å². The molecule has 0 aliphatic rings. The molecule has 0 saturated heterocycles. The minimum absolute atomic E-state index is 0.0184. The molecule has 1 aromatic carbocycles. The van der Waals surface area contributed by atoms with Crippen molar-refractivity contribution in [1.29, 1.82) is 0 Å². The number of halogens is 1. The van der Waals surface area contributed by atoms with Gasteiger partial charge in [-0.25, -0.2) is 0 Å². The summed E-state index contributed by atoms with van der Waals surface area (Å²) in [6.45, 7) is 6.12. The van der Waals surface area contributed by atoms with Gasteiger partial charge in [-0.05, 0) is 45.5 Å². The fourth-order valence-electron chi connectivity index (χ4n) is 2.06. The van der Waals surface area contributed by atoms with Crippen LogP contribution in [0.15, 0.2) is 28.7 Å². The Morgan fingerprint density at radius 1 is 1.44 bits per heavy atom. The Labute approximate surface area is 118 Å². The lowest BCUT2D eigenvalue weighted by atomic mass is 9.94. The van der Waals surface area contributed by atoms with Crippen molar-refractivity contribution in [2.24, 2.45) is 5.73 Å². The zero-order valence-corrected chi connectivity index (χ0v) is 13.1. The number of likely N-dealkylation sites (N-methyl/N-ethyl adjacent to an activating group) is 1. The highest BCUT2D eigenvalue weighted by Gasteiger charge is 2.31. The molecule has 2 atom stereocenters. The quantitative estimate of drug-likeness (QED) is 0.878. The predicted molar refractivity (Wildman–Crippen MR) is 79.5 cm³/mol. The average molecular weight is 315 g/mol. The van der Waals surface area contributed by atoms with Gasteiger partial charge in [0.2, 0.25) is 0 Å². The molecule has 2 unspecified atom stereocenters. The second-order valence-corrected chi connectivity index (χ2v) is 6.36. The van der Waals surface area contributed by atoms with Gasteiger partial charge in [0.25, 0.3) is 0 Å². The van der Waals surface area contributed by atoms with E-state index in [1.807, 2.05) is 40.0 Å². The Morgan fingerprint density at radius 2 is 2.06 bits per heavy atom. The number of benzene rings is 1. The van der Waals surface area contributed by atoms with E-state index >= 15 is 0 Å². The maximum Gasteiger partial charge on any atom is 0.0610 e. The van der Waals surface area contributed by atoms with Gasteiger partial charge in [0, 0.05) is 22.1 Å². The van der Waals surface area contributed by atoms with Gasteiger partial charge in [-0.1, -0.05) is 28.1 Å². The zero-order valence-electron chi connectivity index (χ0n) is 11.5. The lowest BCUT2D eigenvalue weighted by Crippen LogP contribution is -2.50. The molecule has 102 valence electrons. The molecule has 0 aliphatic heterocycles. The van der Waals surface area contributed by atoms with Crippen molar-refractivity contribution in [3.63, 3.8) is 0 Å². The molecular formula is C14H23BrN2O. The monoisotopic (exact) mass is 314 g/mol. The Kier molecular flexibility index (Phi) is 5.34. The second-order valence-electron chi connectivity index (χ2n) is 5.44. The first-order valence-corrected chi connectivity index (χ1v) is 6.93. The highest BCUT2D eigenvalue weighted by Crippen LogP contribution is 2.30. The van der Waals surface area contributed by atoms with E-state index in [0.717, 1.165) is 10.0 Å². The van der Waals surface area contributed by atoms with E-state index in [2.05, 4.69) is 33.0 Å². The third kappa shape index (κ3) is 3.54. The SMILES string of the molecule is CC(N)C(c1cccc(Br)c1)N(C)C(C)(C)CO. The topological polar surface area (TPSA) is 49.5 Å². The van der Waals surface area contributed by atoms with Gasteiger partial charge in [0.1, 0.15) is 0 Å². The molecule has 0 fully saturated rings. The van der Waals surface area contributed by atoms with E-state index in [-0.39, 0.29) is 24.2 Å². The molecular weight excluding hydrogens is 292 g/mol. The van der Waals surface area contributed by atoms with Crippen molar-refractivity contribution >= 4 is 15.9 Å². The number of rotatable bonds is 5. The van der Waals surface area contributed by atoms with Crippen LogP contribution in [0.3, 0.4) is 0 Å². The van der Waals surface area contributed by atoms with Crippen LogP contribution in [-0.2, 0) is 0 Å². The fraction of sp³-hybridized carbons (Fsp3) is 0.571. The van der Waals surface area contributed by atoms with Gasteiger partial charge >= 0.3 is 0 Å². The van der Waals surface area contributed by atoms with Crippen LogP contribution in [0.1, 0.15) is 32.4 Å². The summed E-state index contributed by atoms with van der Waals surface area (Å²) in [4.78, 5) is 2.14. The minimum Gasteiger partial charge on any atom is -0.394 e. The third-order valence-corrected chi connectivity index (χ3v) is 3.94. The molecule has 0 aromatic heterocycles. The summed E-state index contributed by atoms with van der Waals surface area (Å²) in [5, 5.41) is 9.50. The molecule has 0 radical (unpaired) electrons. The molecule has 0 bridgehead atoms. The number of hydrogen-bond acceptors (Lipinski definition) is 3. The predicted octanol–water partition coefficient (Wildman–Crippen LogP) is 2.54. The van der Waals surface area contributed by atoms with E-state index in [0.29, 0.717) is 0 Å². The van der Waals surface area contributed by atoms with Crippen LogP contribution in [0.2, 0.25) is 0 Å². The Bertz CT molecular complexity index is 393. The smallest absolute Gasteiger partial charge is 0.0610 e. The van der Waals surface area contributed by atoms with Crippen molar-refractivity contribution < 1.29 is 5.11 Å². The van der Waals surface area contributed by atoms with Crippen LogP contribution in [-0.4, -0.2) is 35.2 Å². The lowest BCUT2D eigenvalue weighted by molar-refractivity contribution is 0.0370. The van der Waals surface area contributed by atoms with Crippen LogP contribution in [0.4, 0.5) is 0 Å². The highest BCUT2D eigenvalue weighted by atomic mass is 79.9. The molecule has 0 spiro atoms. The van der Waals surface area contributed by atoms with E-state index in [9.17, 15) is 5.11 Å². The van der Waals surface area contributed by atoms with Crippen LogP contribution >= 0.6 is 15.9 Å². The van der Waals surface area contributed by atoms with Crippen molar-refractivity contribution in [3.8, 4) is 0 Å². The highest BCUT2D eigenvalue weighted by molar-refractivity contribution is 9.10. The summed E-state index contributed by atoms with van der Waals surface area (Å²) in [6.07, 6.45) is 0. The summed E-state index contributed by atoms with van der Waals surface area (Å²) < 4.78 is 1.04. The van der Waals surface area contributed by atoms with E-state index < -0.39 is 0 Å². The zero-order chi connectivity index (χ0) is 13.9. The Balaban J connectivity index is 3.11. The average Bonchev–Trinajstić information content (AvgIpc) is 2.28. The van der Waals surface area contributed by atoms with Gasteiger partial charge in [-0.2, -0.15) is 0 Å². The molecule has 0 saturated carbocycles. The van der Waals surface area contributed by atoms with E-state index in [4.69, 9.17) is 5.73 Å². The summed E-state index contributed by atoms with van der Waals surface area (Å²) in [7, 11) is 2.01. The minimum atomic E-state index is -0.305. The molecule has 1 aromatic rings. The number of hydrogen-bond donors (Lipinski definition) is 2. The van der Waals surface area contributed by atoms with Crippen LogP contribution in [0, 0.1) is 0 Å². The third-order valence-electron chi connectivity index (χ3n) is 3.45. The van der Waals surface area contributed by atoms with Gasteiger partial charge in [0.05, 0.1) is 6.61 Å². The molecule has 0 aliphatic carbocycles. The normalized spacial score (nSPS) is 15.8. The number of nitrogens with zero attached hydrogens (tertiary/aromatic N) is 1.